The zero-order valence-electron chi connectivity index (χ0n) is 12.8. The Labute approximate surface area is 127 Å². The predicted octanol–water partition coefficient (Wildman–Crippen LogP) is 4.45. The molecule has 0 saturated heterocycles. The number of hydrogen-bond acceptors (Lipinski definition) is 2. The van der Waals surface area contributed by atoms with Crippen molar-refractivity contribution in [3.05, 3.63) is 28.8 Å². The van der Waals surface area contributed by atoms with Crippen molar-refractivity contribution in [2.45, 2.75) is 52.0 Å². The highest BCUT2D eigenvalue weighted by Crippen LogP contribution is 2.30. The number of methoxy groups -OCH3 is 1. The lowest BCUT2D eigenvalue weighted by Gasteiger charge is -2.25. The molecule has 1 fully saturated rings. The van der Waals surface area contributed by atoms with Crippen LogP contribution in [0.15, 0.2) is 18.2 Å². The number of aryl methyl sites for hydroxylation is 1. The Bertz CT molecular complexity index is 441. The largest absolute Gasteiger partial charge is 0.497 e. The highest BCUT2D eigenvalue weighted by molar-refractivity contribution is 6.31. The number of halogens is 1. The molecule has 1 aliphatic rings. The summed E-state index contributed by atoms with van der Waals surface area (Å²) in [6, 6.07) is 6.78. The van der Waals surface area contributed by atoms with Gasteiger partial charge in [0.25, 0.3) is 0 Å². The Kier molecular flexibility index (Phi) is 5.34. The molecule has 0 unspecified atom stereocenters. The fourth-order valence-electron chi connectivity index (χ4n) is 2.36. The van der Waals surface area contributed by atoms with Crippen molar-refractivity contribution in [2.24, 2.45) is 5.41 Å². The Hall–Kier alpha value is -0.730. The zero-order chi connectivity index (χ0) is 14.6. The Balaban J connectivity index is 1.79. The fourth-order valence-corrected chi connectivity index (χ4v) is 2.62. The van der Waals surface area contributed by atoms with Crippen molar-refractivity contribution in [1.82, 2.24) is 5.32 Å². The third kappa shape index (κ3) is 4.99. The lowest BCUT2D eigenvalue weighted by Crippen LogP contribution is -2.24. The van der Waals surface area contributed by atoms with Crippen LogP contribution in [0.2, 0.25) is 5.02 Å². The number of hydrogen-bond donors (Lipinski definition) is 1. The van der Waals surface area contributed by atoms with Crippen molar-refractivity contribution in [3.8, 4) is 5.75 Å². The standard InChI is InChI=1S/C17H26ClNO/c1-17(2,10-11-19-14-5-6-14)9-8-13-4-7-15(20-3)12-16(13)18/h4,7,12,14,19H,5-6,8-11H2,1-3H3. The molecule has 0 bridgehead atoms. The van der Waals surface area contributed by atoms with E-state index in [0.29, 0.717) is 5.41 Å². The highest BCUT2D eigenvalue weighted by atomic mass is 35.5. The molecule has 0 spiro atoms. The average Bonchev–Trinajstić information content (AvgIpc) is 3.21. The van der Waals surface area contributed by atoms with Crippen LogP contribution in [0.3, 0.4) is 0 Å². The molecule has 1 saturated carbocycles. The first kappa shape index (κ1) is 15.7. The van der Waals surface area contributed by atoms with Gasteiger partial charge in [-0.05, 0) is 61.8 Å². The number of ether oxygens (including phenoxy) is 1. The predicted molar refractivity (Wildman–Crippen MR) is 85.7 cm³/mol. The molecule has 1 aromatic carbocycles. The molecule has 3 heteroatoms. The third-order valence-corrected chi connectivity index (χ3v) is 4.50. The van der Waals surface area contributed by atoms with Crippen LogP contribution in [0.4, 0.5) is 0 Å². The van der Waals surface area contributed by atoms with E-state index in [1.165, 1.54) is 24.8 Å². The maximum Gasteiger partial charge on any atom is 0.120 e. The van der Waals surface area contributed by atoms with Crippen LogP contribution >= 0.6 is 11.6 Å². The highest BCUT2D eigenvalue weighted by Gasteiger charge is 2.23. The van der Waals surface area contributed by atoms with Crippen molar-refractivity contribution < 1.29 is 4.74 Å². The molecule has 1 aromatic rings. The van der Waals surface area contributed by atoms with Crippen molar-refractivity contribution >= 4 is 11.6 Å². The number of benzene rings is 1. The molecule has 2 nitrogen and oxygen atoms in total. The average molecular weight is 296 g/mol. The van der Waals surface area contributed by atoms with Crippen LogP contribution < -0.4 is 10.1 Å². The summed E-state index contributed by atoms with van der Waals surface area (Å²) in [7, 11) is 1.67. The number of nitrogens with one attached hydrogen (secondary N) is 1. The monoisotopic (exact) mass is 295 g/mol. The van der Waals surface area contributed by atoms with Gasteiger partial charge >= 0.3 is 0 Å². The molecular weight excluding hydrogens is 270 g/mol. The molecule has 0 amide bonds. The van der Waals surface area contributed by atoms with Crippen LogP contribution in [-0.2, 0) is 6.42 Å². The van der Waals surface area contributed by atoms with E-state index in [2.05, 4.69) is 25.2 Å². The number of rotatable bonds is 8. The van der Waals surface area contributed by atoms with Gasteiger partial charge in [-0.2, -0.15) is 0 Å². The van der Waals surface area contributed by atoms with Gasteiger partial charge in [0.1, 0.15) is 5.75 Å². The van der Waals surface area contributed by atoms with Gasteiger partial charge < -0.3 is 10.1 Å². The van der Waals surface area contributed by atoms with Gasteiger partial charge in [0.15, 0.2) is 0 Å². The van der Waals surface area contributed by atoms with Gasteiger partial charge in [0.05, 0.1) is 7.11 Å². The second-order valence-corrected chi connectivity index (χ2v) is 7.01. The van der Waals surface area contributed by atoms with Crippen molar-refractivity contribution in [2.75, 3.05) is 13.7 Å². The summed E-state index contributed by atoms with van der Waals surface area (Å²) in [5.74, 6) is 0.826. The van der Waals surface area contributed by atoms with Gasteiger partial charge in [0, 0.05) is 11.1 Å². The summed E-state index contributed by atoms with van der Waals surface area (Å²) in [6.45, 7) is 5.83. The summed E-state index contributed by atoms with van der Waals surface area (Å²) in [6.07, 6.45) is 6.13. The normalized spacial score (nSPS) is 15.4. The lowest BCUT2D eigenvalue weighted by atomic mass is 9.83. The molecule has 112 valence electrons. The maximum absolute atomic E-state index is 6.30. The van der Waals surface area contributed by atoms with E-state index in [1.807, 2.05) is 12.1 Å². The quantitative estimate of drug-likeness (QED) is 0.765. The first-order valence-electron chi connectivity index (χ1n) is 7.56. The van der Waals surface area contributed by atoms with E-state index < -0.39 is 0 Å². The van der Waals surface area contributed by atoms with Gasteiger partial charge in [-0.15, -0.1) is 0 Å². The molecule has 0 aliphatic heterocycles. The zero-order valence-corrected chi connectivity index (χ0v) is 13.6. The Morgan fingerprint density at radius 1 is 1.30 bits per heavy atom. The third-order valence-electron chi connectivity index (χ3n) is 4.14. The molecule has 2 rings (SSSR count). The van der Waals surface area contributed by atoms with E-state index in [-0.39, 0.29) is 0 Å². The summed E-state index contributed by atoms with van der Waals surface area (Å²) in [5, 5.41) is 4.41. The molecule has 20 heavy (non-hydrogen) atoms. The van der Waals surface area contributed by atoms with Crippen LogP contribution in [-0.4, -0.2) is 19.7 Å². The molecule has 0 heterocycles. The van der Waals surface area contributed by atoms with Crippen LogP contribution in [0.1, 0.15) is 45.1 Å². The second-order valence-electron chi connectivity index (χ2n) is 6.60. The first-order valence-corrected chi connectivity index (χ1v) is 7.94. The Morgan fingerprint density at radius 3 is 2.65 bits per heavy atom. The van der Waals surface area contributed by atoms with Crippen LogP contribution in [0.5, 0.6) is 5.75 Å². The van der Waals surface area contributed by atoms with Gasteiger partial charge in [0.2, 0.25) is 0 Å². The minimum absolute atomic E-state index is 0.352. The van der Waals surface area contributed by atoms with E-state index in [4.69, 9.17) is 16.3 Å². The first-order chi connectivity index (χ1) is 9.50. The van der Waals surface area contributed by atoms with E-state index in [0.717, 1.165) is 36.2 Å². The minimum Gasteiger partial charge on any atom is -0.497 e. The minimum atomic E-state index is 0.352. The SMILES string of the molecule is COc1ccc(CCC(C)(C)CCNC2CC2)c(Cl)c1. The maximum atomic E-state index is 6.30. The van der Waals surface area contributed by atoms with Gasteiger partial charge in [-0.3, -0.25) is 0 Å². The Morgan fingerprint density at radius 2 is 2.05 bits per heavy atom. The summed E-state index contributed by atoms with van der Waals surface area (Å²) in [5.41, 5.74) is 1.57. The van der Waals surface area contributed by atoms with E-state index >= 15 is 0 Å². The molecule has 0 radical (unpaired) electrons. The summed E-state index contributed by atoms with van der Waals surface area (Å²) in [4.78, 5) is 0. The second kappa shape index (κ2) is 6.82. The topological polar surface area (TPSA) is 21.3 Å². The van der Waals surface area contributed by atoms with Crippen LogP contribution in [0, 0.1) is 5.41 Å². The van der Waals surface area contributed by atoms with Crippen molar-refractivity contribution in [1.29, 1.82) is 0 Å². The van der Waals surface area contributed by atoms with Crippen LogP contribution in [0.25, 0.3) is 0 Å². The van der Waals surface area contributed by atoms with Crippen molar-refractivity contribution in [3.63, 3.8) is 0 Å². The molecule has 1 N–H and O–H groups in total. The lowest BCUT2D eigenvalue weighted by molar-refractivity contribution is 0.302. The molecule has 0 atom stereocenters. The molecule has 0 aromatic heterocycles. The molecule has 1 aliphatic carbocycles. The molecular formula is C17H26ClNO. The van der Waals surface area contributed by atoms with E-state index in [1.54, 1.807) is 7.11 Å². The summed E-state index contributed by atoms with van der Waals surface area (Å²) >= 11 is 6.30. The fraction of sp³-hybridized carbons (Fsp3) is 0.647. The van der Waals surface area contributed by atoms with Gasteiger partial charge in [-0.1, -0.05) is 31.5 Å². The van der Waals surface area contributed by atoms with E-state index in [9.17, 15) is 0 Å². The van der Waals surface area contributed by atoms with Gasteiger partial charge in [-0.25, -0.2) is 0 Å². The summed E-state index contributed by atoms with van der Waals surface area (Å²) < 4.78 is 5.18. The smallest absolute Gasteiger partial charge is 0.120 e.